The Morgan fingerprint density at radius 2 is 2.22 bits per heavy atom. The number of carbonyl (C=O) groups is 1. The molecule has 1 unspecified atom stereocenters. The van der Waals surface area contributed by atoms with Crippen LogP contribution in [0.5, 0.6) is 0 Å². The van der Waals surface area contributed by atoms with Crippen LogP contribution >= 0.6 is 0 Å². The van der Waals surface area contributed by atoms with Gasteiger partial charge in [0.2, 0.25) is 0 Å². The number of rotatable bonds is 4. The summed E-state index contributed by atoms with van der Waals surface area (Å²) >= 11 is 0. The van der Waals surface area contributed by atoms with Crippen LogP contribution in [0.15, 0.2) is 24.3 Å². The van der Waals surface area contributed by atoms with Crippen molar-refractivity contribution in [1.82, 2.24) is 5.32 Å². The fourth-order valence-corrected chi connectivity index (χ4v) is 2.15. The molecule has 1 atom stereocenters. The van der Waals surface area contributed by atoms with E-state index in [1.807, 2.05) is 31.3 Å². The Morgan fingerprint density at radius 3 is 2.94 bits per heavy atom. The zero-order chi connectivity index (χ0) is 12.8. The van der Waals surface area contributed by atoms with Crippen LogP contribution in [0.1, 0.15) is 24.8 Å². The molecule has 1 fully saturated rings. The Bertz CT molecular complexity index is 401. The number of benzene rings is 1. The number of ether oxygens (including phenoxy) is 1. The Balaban J connectivity index is 2.01. The summed E-state index contributed by atoms with van der Waals surface area (Å²) in [5.41, 5.74) is 1.95. The number of nitrogens with one attached hydrogen (secondary N) is 2. The Morgan fingerprint density at radius 1 is 1.39 bits per heavy atom. The molecule has 1 aliphatic rings. The van der Waals surface area contributed by atoms with Gasteiger partial charge < -0.3 is 15.4 Å². The van der Waals surface area contributed by atoms with Crippen molar-refractivity contribution >= 4 is 11.6 Å². The normalized spacial score (nSPS) is 19.5. The zero-order valence-electron chi connectivity index (χ0n) is 10.7. The number of anilines is 1. The second kappa shape index (κ2) is 6.52. The van der Waals surface area contributed by atoms with E-state index in [9.17, 15) is 4.79 Å². The largest absolute Gasteiger partial charge is 0.368 e. The highest BCUT2D eigenvalue weighted by Crippen LogP contribution is 2.18. The molecule has 1 amide bonds. The van der Waals surface area contributed by atoms with E-state index >= 15 is 0 Å². The molecule has 4 nitrogen and oxygen atoms in total. The van der Waals surface area contributed by atoms with Crippen molar-refractivity contribution in [1.29, 1.82) is 0 Å². The van der Waals surface area contributed by atoms with Gasteiger partial charge in [-0.05, 0) is 37.9 Å². The lowest BCUT2D eigenvalue weighted by atomic mass is 10.1. The number of hydrogen-bond donors (Lipinski definition) is 2. The lowest BCUT2D eigenvalue weighted by Gasteiger charge is -2.22. The third-order valence-corrected chi connectivity index (χ3v) is 3.11. The summed E-state index contributed by atoms with van der Waals surface area (Å²) in [6, 6.07) is 7.83. The van der Waals surface area contributed by atoms with Crippen LogP contribution in [0.3, 0.4) is 0 Å². The van der Waals surface area contributed by atoms with E-state index in [1.165, 1.54) is 0 Å². The molecule has 1 heterocycles. The minimum absolute atomic E-state index is 0.0294. The van der Waals surface area contributed by atoms with Gasteiger partial charge in [0, 0.05) is 18.8 Å². The van der Waals surface area contributed by atoms with E-state index in [0.717, 1.165) is 37.1 Å². The molecular weight excluding hydrogens is 228 g/mol. The average molecular weight is 248 g/mol. The van der Waals surface area contributed by atoms with Crippen LogP contribution in [0.25, 0.3) is 0 Å². The number of carbonyl (C=O) groups excluding carboxylic acids is 1. The van der Waals surface area contributed by atoms with E-state index in [0.29, 0.717) is 6.61 Å². The first-order valence-corrected chi connectivity index (χ1v) is 6.46. The minimum atomic E-state index is -0.290. The summed E-state index contributed by atoms with van der Waals surface area (Å²) < 4.78 is 5.48. The highest BCUT2D eigenvalue weighted by atomic mass is 16.5. The van der Waals surface area contributed by atoms with Gasteiger partial charge in [-0.1, -0.05) is 18.2 Å². The fourth-order valence-electron chi connectivity index (χ4n) is 2.15. The maximum atomic E-state index is 12.1. The molecule has 1 aliphatic heterocycles. The van der Waals surface area contributed by atoms with E-state index in [-0.39, 0.29) is 12.0 Å². The summed E-state index contributed by atoms with van der Waals surface area (Å²) in [5, 5.41) is 6.06. The molecule has 0 aromatic heterocycles. The Labute approximate surface area is 108 Å². The van der Waals surface area contributed by atoms with Crippen molar-refractivity contribution in [2.24, 2.45) is 0 Å². The highest BCUT2D eigenvalue weighted by molar-refractivity contribution is 5.94. The van der Waals surface area contributed by atoms with Crippen LogP contribution in [-0.4, -0.2) is 25.7 Å². The van der Waals surface area contributed by atoms with Gasteiger partial charge in [0.25, 0.3) is 5.91 Å². The molecule has 1 saturated heterocycles. The maximum absolute atomic E-state index is 12.1. The highest BCUT2D eigenvalue weighted by Gasteiger charge is 2.22. The first-order chi connectivity index (χ1) is 8.81. The molecule has 2 N–H and O–H groups in total. The topological polar surface area (TPSA) is 50.4 Å². The van der Waals surface area contributed by atoms with Gasteiger partial charge in [0.05, 0.1) is 0 Å². The van der Waals surface area contributed by atoms with Crippen LogP contribution in [0.2, 0.25) is 0 Å². The van der Waals surface area contributed by atoms with Crippen LogP contribution in [-0.2, 0) is 16.1 Å². The first kappa shape index (κ1) is 13.1. The second-order valence-corrected chi connectivity index (χ2v) is 4.53. The predicted molar refractivity (Wildman–Crippen MR) is 71.4 cm³/mol. The van der Waals surface area contributed by atoms with Crippen LogP contribution in [0.4, 0.5) is 5.69 Å². The van der Waals surface area contributed by atoms with Gasteiger partial charge in [-0.25, -0.2) is 0 Å². The number of para-hydroxylation sites is 1. The van der Waals surface area contributed by atoms with E-state index in [2.05, 4.69) is 10.6 Å². The SMILES string of the molecule is CNCc1ccccc1NC(=O)C1CCCCO1. The molecular formula is C14H20N2O2. The molecule has 18 heavy (non-hydrogen) atoms. The van der Waals surface area contributed by atoms with Gasteiger partial charge in [0.15, 0.2) is 0 Å². The molecule has 0 aliphatic carbocycles. The van der Waals surface area contributed by atoms with E-state index < -0.39 is 0 Å². The fraction of sp³-hybridized carbons (Fsp3) is 0.500. The second-order valence-electron chi connectivity index (χ2n) is 4.53. The first-order valence-electron chi connectivity index (χ1n) is 6.46. The van der Waals surface area contributed by atoms with Gasteiger partial charge in [-0.15, -0.1) is 0 Å². The molecule has 4 heteroatoms. The van der Waals surface area contributed by atoms with Gasteiger partial charge >= 0.3 is 0 Å². The lowest BCUT2D eigenvalue weighted by molar-refractivity contribution is -0.129. The standard InChI is InChI=1S/C14H20N2O2/c1-15-10-11-6-2-3-7-12(11)16-14(17)13-8-4-5-9-18-13/h2-3,6-7,13,15H,4-5,8-10H2,1H3,(H,16,17). The van der Waals surface area contributed by atoms with Crippen molar-refractivity contribution in [3.05, 3.63) is 29.8 Å². The predicted octanol–water partition coefficient (Wildman–Crippen LogP) is 1.91. The van der Waals surface area contributed by atoms with E-state index in [4.69, 9.17) is 4.74 Å². The molecule has 1 aromatic rings. The molecule has 2 rings (SSSR count). The molecule has 1 aromatic carbocycles. The van der Waals surface area contributed by atoms with Crippen molar-refractivity contribution in [3.8, 4) is 0 Å². The molecule has 0 spiro atoms. The van der Waals surface area contributed by atoms with Gasteiger partial charge in [0.1, 0.15) is 6.10 Å². The zero-order valence-corrected chi connectivity index (χ0v) is 10.7. The van der Waals surface area contributed by atoms with Crippen LogP contribution < -0.4 is 10.6 Å². The molecule has 98 valence electrons. The quantitative estimate of drug-likeness (QED) is 0.856. The van der Waals surface area contributed by atoms with Crippen molar-refractivity contribution in [3.63, 3.8) is 0 Å². The van der Waals surface area contributed by atoms with Crippen LogP contribution in [0, 0.1) is 0 Å². The van der Waals surface area contributed by atoms with E-state index in [1.54, 1.807) is 0 Å². The summed E-state index contributed by atoms with van der Waals surface area (Å²) in [4.78, 5) is 12.1. The third-order valence-electron chi connectivity index (χ3n) is 3.11. The number of hydrogen-bond acceptors (Lipinski definition) is 3. The van der Waals surface area contributed by atoms with Crippen molar-refractivity contribution in [2.75, 3.05) is 19.0 Å². The van der Waals surface area contributed by atoms with Crippen molar-refractivity contribution in [2.45, 2.75) is 31.9 Å². The smallest absolute Gasteiger partial charge is 0.253 e. The lowest BCUT2D eigenvalue weighted by Crippen LogP contribution is -2.33. The minimum Gasteiger partial charge on any atom is -0.368 e. The van der Waals surface area contributed by atoms with Gasteiger partial charge in [-0.3, -0.25) is 4.79 Å². The summed E-state index contributed by atoms with van der Waals surface area (Å²) in [6.45, 7) is 1.43. The monoisotopic (exact) mass is 248 g/mol. The summed E-state index contributed by atoms with van der Waals surface area (Å²) in [7, 11) is 1.89. The maximum Gasteiger partial charge on any atom is 0.253 e. The summed E-state index contributed by atoms with van der Waals surface area (Å²) in [5.74, 6) is -0.0294. The Kier molecular flexibility index (Phi) is 4.73. The van der Waals surface area contributed by atoms with Gasteiger partial charge in [-0.2, -0.15) is 0 Å². The average Bonchev–Trinajstić information content (AvgIpc) is 2.42. The Hall–Kier alpha value is -1.39. The third kappa shape index (κ3) is 3.31. The molecule has 0 saturated carbocycles. The van der Waals surface area contributed by atoms with Crippen molar-refractivity contribution < 1.29 is 9.53 Å². The molecule has 0 bridgehead atoms. The summed E-state index contributed by atoms with van der Waals surface area (Å²) in [6.07, 6.45) is 2.65. The molecule has 0 radical (unpaired) electrons. The number of amides is 1.